The molecule has 0 atom stereocenters. The van der Waals surface area contributed by atoms with E-state index >= 15 is 0 Å². The van der Waals surface area contributed by atoms with Gasteiger partial charge in [-0.2, -0.15) is 26.3 Å². The maximum Gasteiger partial charge on any atom is 0.536 e. The molecule has 0 spiro atoms. The predicted molar refractivity (Wildman–Crippen MR) is 57.8 cm³/mol. The molecule has 0 aliphatic carbocycles. The summed E-state index contributed by atoms with van der Waals surface area (Å²) in [6.45, 7) is 0. The zero-order valence-electron chi connectivity index (χ0n) is 9.42. The van der Waals surface area contributed by atoms with Crippen LogP contribution < -0.4 is 9.39 Å². The SMILES string of the molecule is O=C([O-])c1cc2ccccc2n1OS(=O)(=O)C(F)(F)F. The van der Waals surface area contributed by atoms with Gasteiger partial charge in [-0.1, -0.05) is 18.2 Å². The molecule has 1 aromatic heterocycles. The first kappa shape index (κ1) is 14.2. The summed E-state index contributed by atoms with van der Waals surface area (Å²) in [7, 11) is -6.00. The number of para-hydroxylation sites is 1. The number of nitrogens with zero attached hydrogens (tertiary/aromatic N) is 1. The number of hydrogen-bond donors (Lipinski definition) is 0. The van der Waals surface area contributed by atoms with Crippen LogP contribution in [0.5, 0.6) is 0 Å². The van der Waals surface area contributed by atoms with Crippen LogP contribution in [0.2, 0.25) is 0 Å². The molecule has 2 rings (SSSR count). The molecule has 0 N–H and O–H groups in total. The van der Waals surface area contributed by atoms with Crippen LogP contribution in [0.4, 0.5) is 13.2 Å². The second-order valence-corrected chi connectivity index (χ2v) is 5.16. The van der Waals surface area contributed by atoms with E-state index in [1.807, 2.05) is 0 Å². The Morgan fingerprint density at radius 1 is 1.25 bits per heavy atom. The van der Waals surface area contributed by atoms with E-state index in [1.54, 1.807) is 0 Å². The minimum absolute atomic E-state index is 0.0630. The molecule has 0 saturated heterocycles. The van der Waals surface area contributed by atoms with Crippen molar-refractivity contribution in [2.75, 3.05) is 0 Å². The van der Waals surface area contributed by atoms with Crippen LogP contribution >= 0.6 is 0 Å². The smallest absolute Gasteiger partial charge is 0.536 e. The number of carboxylic acids is 1. The van der Waals surface area contributed by atoms with Gasteiger partial charge in [-0.05, 0) is 12.1 Å². The first-order valence-electron chi connectivity index (χ1n) is 4.96. The van der Waals surface area contributed by atoms with Crippen molar-refractivity contribution in [3.05, 3.63) is 36.0 Å². The van der Waals surface area contributed by atoms with Gasteiger partial charge in [0.25, 0.3) is 0 Å². The van der Waals surface area contributed by atoms with Gasteiger partial charge >= 0.3 is 15.6 Å². The van der Waals surface area contributed by atoms with E-state index in [-0.39, 0.29) is 15.6 Å². The number of rotatable bonds is 3. The average molecular weight is 308 g/mol. The molecule has 0 bridgehead atoms. The van der Waals surface area contributed by atoms with Gasteiger partial charge in [0.15, 0.2) is 0 Å². The Hall–Kier alpha value is -2.23. The van der Waals surface area contributed by atoms with Gasteiger partial charge in [0.2, 0.25) is 0 Å². The van der Waals surface area contributed by atoms with E-state index in [4.69, 9.17) is 0 Å². The third-order valence-corrected chi connectivity index (χ3v) is 3.24. The van der Waals surface area contributed by atoms with Crippen LogP contribution in [0.1, 0.15) is 10.5 Å². The predicted octanol–water partition coefficient (Wildman–Crippen LogP) is 0.283. The third-order valence-electron chi connectivity index (χ3n) is 2.33. The van der Waals surface area contributed by atoms with Gasteiger partial charge in [0.1, 0.15) is 5.69 Å². The molecule has 20 heavy (non-hydrogen) atoms. The number of aromatic carboxylic acids is 1. The summed E-state index contributed by atoms with van der Waals surface area (Å²) in [5.41, 5.74) is -6.68. The second kappa shape index (κ2) is 4.40. The van der Waals surface area contributed by atoms with Gasteiger partial charge in [0.05, 0.1) is 11.5 Å². The number of benzene rings is 1. The Balaban J connectivity index is 2.65. The van der Waals surface area contributed by atoms with Crippen LogP contribution in [0, 0.1) is 0 Å². The number of carboxylic acid groups (broad SMARTS) is 1. The molecule has 6 nitrogen and oxygen atoms in total. The van der Waals surface area contributed by atoms with Crippen molar-refractivity contribution in [2.45, 2.75) is 5.51 Å². The molecule has 2 aromatic rings. The summed E-state index contributed by atoms with van der Waals surface area (Å²) in [6, 6.07) is 6.39. The van der Waals surface area contributed by atoms with Gasteiger partial charge in [-0.3, -0.25) is 4.28 Å². The summed E-state index contributed by atoms with van der Waals surface area (Å²) in [5.74, 6) is -1.88. The first-order valence-corrected chi connectivity index (χ1v) is 6.37. The molecule has 1 aromatic carbocycles. The summed E-state index contributed by atoms with van der Waals surface area (Å²) < 4.78 is 62.6. The molecule has 0 radical (unpaired) electrons. The number of halogens is 3. The zero-order valence-corrected chi connectivity index (χ0v) is 10.2. The molecule has 0 fully saturated rings. The summed E-state index contributed by atoms with van der Waals surface area (Å²) in [6.07, 6.45) is 0. The fourth-order valence-corrected chi connectivity index (χ4v) is 1.93. The van der Waals surface area contributed by atoms with E-state index in [9.17, 15) is 31.5 Å². The lowest BCUT2D eigenvalue weighted by Crippen LogP contribution is -2.36. The molecule has 0 aliphatic rings. The second-order valence-electron chi connectivity index (χ2n) is 3.64. The highest BCUT2D eigenvalue weighted by molar-refractivity contribution is 7.87. The van der Waals surface area contributed by atoms with E-state index in [1.165, 1.54) is 24.3 Å². The van der Waals surface area contributed by atoms with Crippen molar-refractivity contribution < 1.29 is 35.8 Å². The fourth-order valence-electron chi connectivity index (χ4n) is 1.49. The van der Waals surface area contributed by atoms with Crippen LogP contribution in [0.3, 0.4) is 0 Å². The molecule has 0 amide bonds. The third kappa shape index (κ3) is 2.29. The Morgan fingerprint density at radius 2 is 1.85 bits per heavy atom. The monoisotopic (exact) mass is 308 g/mol. The lowest BCUT2D eigenvalue weighted by molar-refractivity contribution is -0.256. The van der Waals surface area contributed by atoms with Crippen LogP contribution in [0.25, 0.3) is 10.9 Å². The molecule has 0 saturated carbocycles. The van der Waals surface area contributed by atoms with Gasteiger partial charge in [-0.15, -0.1) is 0 Å². The molecular formula is C10H5F3NO5S-. The lowest BCUT2D eigenvalue weighted by atomic mass is 10.2. The fraction of sp³-hybridized carbons (Fsp3) is 0.100. The minimum atomic E-state index is -6.00. The van der Waals surface area contributed by atoms with Crippen LogP contribution in [-0.4, -0.2) is 24.6 Å². The van der Waals surface area contributed by atoms with Gasteiger partial charge in [-0.25, -0.2) is 0 Å². The van der Waals surface area contributed by atoms with E-state index in [2.05, 4.69) is 4.28 Å². The highest BCUT2D eigenvalue weighted by Crippen LogP contribution is 2.25. The number of fused-ring (bicyclic) bond motifs is 1. The van der Waals surface area contributed by atoms with Gasteiger partial charge < -0.3 is 9.90 Å². The largest absolute Gasteiger partial charge is 0.543 e. The quantitative estimate of drug-likeness (QED) is 0.760. The van der Waals surface area contributed by atoms with Crippen molar-refractivity contribution in [3.63, 3.8) is 0 Å². The zero-order chi connectivity index (χ0) is 15.1. The molecule has 10 heteroatoms. The Kier molecular flexibility index (Phi) is 3.12. The van der Waals surface area contributed by atoms with Crippen molar-refractivity contribution >= 4 is 27.0 Å². The summed E-state index contributed by atoms with van der Waals surface area (Å²) >= 11 is 0. The summed E-state index contributed by atoms with van der Waals surface area (Å²) in [4.78, 5) is 10.8. The Labute approximate surface area is 110 Å². The summed E-state index contributed by atoms with van der Waals surface area (Å²) in [5, 5.41) is 11.0. The van der Waals surface area contributed by atoms with E-state index in [0.717, 1.165) is 6.07 Å². The Bertz CT molecular complexity index is 778. The normalized spacial score (nSPS) is 12.6. The van der Waals surface area contributed by atoms with Crippen molar-refractivity contribution in [2.24, 2.45) is 0 Å². The van der Waals surface area contributed by atoms with Crippen LogP contribution in [0.15, 0.2) is 30.3 Å². The topological polar surface area (TPSA) is 88.4 Å². The number of carbonyl (C=O) groups is 1. The standard InChI is InChI=1S/C10H6F3NO5S/c11-10(12,13)20(17,18)19-14-7-4-2-1-3-6(7)5-8(14)9(15)16/h1-5H,(H,15,16)/p-1. The first-order chi connectivity index (χ1) is 9.13. The molecular weight excluding hydrogens is 303 g/mol. The van der Waals surface area contributed by atoms with E-state index in [0.29, 0.717) is 0 Å². The molecule has 1 heterocycles. The highest BCUT2D eigenvalue weighted by Gasteiger charge is 2.49. The van der Waals surface area contributed by atoms with E-state index < -0.39 is 27.3 Å². The number of aromatic nitrogens is 1. The average Bonchev–Trinajstić information content (AvgIpc) is 2.67. The number of carbonyl (C=O) groups excluding carboxylic acids is 1. The molecule has 108 valence electrons. The Morgan fingerprint density at radius 3 is 2.40 bits per heavy atom. The lowest BCUT2D eigenvalue weighted by Gasteiger charge is -2.13. The highest BCUT2D eigenvalue weighted by atomic mass is 32.2. The van der Waals surface area contributed by atoms with Crippen molar-refractivity contribution in [1.82, 2.24) is 4.73 Å². The maximum absolute atomic E-state index is 12.3. The number of hydrogen-bond acceptors (Lipinski definition) is 5. The van der Waals surface area contributed by atoms with Gasteiger partial charge in [0, 0.05) is 5.39 Å². The van der Waals surface area contributed by atoms with Crippen molar-refractivity contribution in [1.29, 1.82) is 0 Å². The van der Waals surface area contributed by atoms with Crippen molar-refractivity contribution in [3.8, 4) is 0 Å². The van der Waals surface area contributed by atoms with Crippen LogP contribution in [-0.2, 0) is 10.1 Å². The molecule has 0 aliphatic heterocycles. The number of alkyl halides is 3. The minimum Gasteiger partial charge on any atom is -0.543 e. The maximum atomic E-state index is 12.3. The molecule has 0 unspecified atom stereocenters.